The minimum atomic E-state index is -0.753. The summed E-state index contributed by atoms with van der Waals surface area (Å²) in [4.78, 5) is 49.9. The quantitative estimate of drug-likeness (QED) is 0.538. The van der Waals surface area contributed by atoms with Crippen LogP contribution in [0.4, 0.5) is 0 Å². The monoisotopic (exact) mass is 417 g/mol. The Morgan fingerprint density at radius 3 is 2.40 bits per heavy atom. The highest BCUT2D eigenvalue weighted by Crippen LogP contribution is 2.46. The summed E-state index contributed by atoms with van der Waals surface area (Å²) in [5.74, 6) is -1.40. The fraction of sp³-hybridized carbons (Fsp3) is 0.429. The predicted octanol–water partition coefficient (Wildman–Crippen LogP) is 1.70. The van der Waals surface area contributed by atoms with Crippen LogP contribution in [0.25, 0.3) is 6.08 Å². The maximum absolute atomic E-state index is 12.8. The van der Waals surface area contributed by atoms with Crippen molar-refractivity contribution in [1.82, 2.24) is 4.90 Å². The van der Waals surface area contributed by atoms with Crippen molar-refractivity contribution in [2.24, 2.45) is 0 Å². The highest BCUT2D eigenvalue weighted by Gasteiger charge is 2.46. The second kappa shape index (κ2) is 8.17. The van der Waals surface area contributed by atoms with Gasteiger partial charge in [-0.1, -0.05) is 0 Å². The molecule has 0 aliphatic carbocycles. The normalized spacial score (nSPS) is 19.8. The SMILES string of the molecule is COC(=O)C1=Cc2cc(OC)c(OC(C)=O)c(C)c2[C@@H]2[C@@H](OC(C)=O)CC(=O)N2C1. The Labute approximate surface area is 173 Å². The van der Waals surface area contributed by atoms with Gasteiger partial charge in [0, 0.05) is 19.4 Å². The van der Waals surface area contributed by atoms with Gasteiger partial charge in [-0.25, -0.2) is 4.79 Å². The predicted molar refractivity (Wildman–Crippen MR) is 104 cm³/mol. The molecule has 2 aliphatic rings. The number of ether oxygens (including phenoxy) is 4. The van der Waals surface area contributed by atoms with Crippen molar-refractivity contribution < 1.29 is 38.1 Å². The summed E-state index contributed by atoms with van der Waals surface area (Å²) < 4.78 is 21.1. The van der Waals surface area contributed by atoms with Gasteiger partial charge in [0.25, 0.3) is 0 Å². The number of nitrogens with zero attached hydrogens (tertiary/aromatic N) is 1. The summed E-state index contributed by atoms with van der Waals surface area (Å²) >= 11 is 0. The van der Waals surface area contributed by atoms with E-state index >= 15 is 0 Å². The van der Waals surface area contributed by atoms with Crippen LogP contribution in [0, 0.1) is 6.92 Å². The van der Waals surface area contributed by atoms with Crippen LogP contribution in [0.1, 0.15) is 43.0 Å². The molecule has 0 bridgehead atoms. The van der Waals surface area contributed by atoms with Crippen LogP contribution < -0.4 is 9.47 Å². The first kappa shape index (κ1) is 21.4. The molecule has 0 spiro atoms. The zero-order valence-electron chi connectivity index (χ0n) is 17.4. The lowest BCUT2D eigenvalue weighted by Gasteiger charge is -2.29. The first-order chi connectivity index (χ1) is 14.2. The number of benzene rings is 1. The maximum Gasteiger partial charge on any atom is 0.335 e. The second-order valence-electron chi connectivity index (χ2n) is 7.11. The third kappa shape index (κ3) is 3.74. The molecule has 0 unspecified atom stereocenters. The topological polar surface area (TPSA) is 108 Å². The van der Waals surface area contributed by atoms with E-state index in [-0.39, 0.29) is 30.2 Å². The number of esters is 3. The Morgan fingerprint density at radius 2 is 1.83 bits per heavy atom. The molecule has 1 fully saturated rings. The lowest BCUT2D eigenvalue weighted by atomic mass is 9.91. The summed E-state index contributed by atoms with van der Waals surface area (Å²) in [7, 11) is 2.69. The van der Waals surface area contributed by atoms with E-state index in [0.717, 1.165) is 0 Å². The summed E-state index contributed by atoms with van der Waals surface area (Å²) in [6.07, 6.45) is 0.841. The largest absolute Gasteiger partial charge is 0.493 e. The standard InChI is InChI=1S/C21H23NO8/c1-10-18-13(7-16(27-4)20(10)30-12(3)24)6-14(21(26)28-5)9-22-17(25)8-15(19(18)22)29-11(2)23/h6-7,15,19H,8-9H2,1-5H3/t15-,19-/m0/s1. The van der Waals surface area contributed by atoms with Gasteiger partial charge in [-0.05, 0) is 30.2 Å². The molecule has 9 heteroatoms. The number of rotatable bonds is 4. The van der Waals surface area contributed by atoms with E-state index in [2.05, 4.69) is 0 Å². The van der Waals surface area contributed by atoms with E-state index in [1.165, 1.54) is 33.0 Å². The molecule has 0 saturated carbocycles. The highest BCUT2D eigenvalue weighted by atomic mass is 16.6. The van der Waals surface area contributed by atoms with Gasteiger partial charge >= 0.3 is 17.9 Å². The van der Waals surface area contributed by atoms with Gasteiger partial charge in [0.15, 0.2) is 11.5 Å². The van der Waals surface area contributed by atoms with E-state index in [1.54, 1.807) is 19.1 Å². The van der Waals surface area contributed by atoms with E-state index < -0.39 is 30.1 Å². The Morgan fingerprint density at radius 1 is 1.13 bits per heavy atom. The molecule has 2 heterocycles. The average Bonchev–Trinajstić information content (AvgIpc) is 2.86. The van der Waals surface area contributed by atoms with Gasteiger partial charge in [0.1, 0.15) is 6.10 Å². The number of carbonyl (C=O) groups excluding carboxylic acids is 4. The van der Waals surface area contributed by atoms with Crippen molar-refractivity contribution in [3.63, 3.8) is 0 Å². The van der Waals surface area contributed by atoms with E-state index in [1.807, 2.05) is 0 Å². The molecule has 0 radical (unpaired) electrons. The van der Waals surface area contributed by atoms with Gasteiger partial charge < -0.3 is 23.8 Å². The summed E-state index contributed by atoms with van der Waals surface area (Å²) in [5.41, 5.74) is 2.01. The third-order valence-electron chi connectivity index (χ3n) is 5.15. The molecule has 2 aliphatic heterocycles. The number of hydrogen-bond donors (Lipinski definition) is 0. The van der Waals surface area contributed by atoms with E-state index in [9.17, 15) is 19.2 Å². The molecule has 1 saturated heterocycles. The fourth-order valence-electron chi connectivity index (χ4n) is 4.02. The van der Waals surface area contributed by atoms with Crippen LogP contribution in [0.2, 0.25) is 0 Å². The van der Waals surface area contributed by atoms with Crippen LogP contribution >= 0.6 is 0 Å². The number of amides is 1. The minimum absolute atomic E-state index is 0.00667. The fourth-order valence-corrected chi connectivity index (χ4v) is 4.02. The van der Waals surface area contributed by atoms with Gasteiger partial charge in [0.05, 0.1) is 38.8 Å². The van der Waals surface area contributed by atoms with Gasteiger partial charge in [-0.3, -0.25) is 14.4 Å². The summed E-state index contributed by atoms with van der Waals surface area (Å²) in [5, 5.41) is 0. The smallest absolute Gasteiger partial charge is 0.335 e. The number of hydrogen-bond acceptors (Lipinski definition) is 8. The zero-order chi connectivity index (χ0) is 22.2. The lowest BCUT2D eigenvalue weighted by Crippen LogP contribution is -2.34. The molecule has 3 rings (SSSR count). The molecule has 9 nitrogen and oxygen atoms in total. The van der Waals surface area contributed by atoms with Crippen LogP contribution in [0.3, 0.4) is 0 Å². The Bertz CT molecular complexity index is 964. The van der Waals surface area contributed by atoms with Gasteiger partial charge in [0.2, 0.25) is 5.91 Å². The maximum atomic E-state index is 12.8. The van der Waals surface area contributed by atoms with Crippen molar-refractivity contribution >= 4 is 29.9 Å². The van der Waals surface area contributed by atoms with Crippen LogP contribution in [-0.4, -0.2) is 55.6 Å². The van der Waals surface area contributed by atoms with Crippen molar-refractivity contribution in [3.8, 4) is 11.5 Å². The van der Waals surface area contributed by atoms with Crippen LogP contribution in [-0.2, 0) is 28.7 Å². The molecule has 0 N–H and O–H groups in total. The van der Waals surface area contributed by atoms with Crippen molar-refractivity contribution in [2.75, 3.05) is 20.8 Å². The molecular weight excluding hydrogens is 394 g/mol. The number of carbonyl (C=O) groups is 4. The molecule has 1 aromatic carbocycles. The molecule has 160 valence electrons. The van der Waals surface area contributed by atoms with Gasteiger partial charge in [-0.15, -0.1) is 0 Å². The van der Waals surface area contributed by atoms with Crippen molar-refractivity contribution in [3.05, 3.63) is 28.3 Å². The minimum Gasteiger partial charge on any atom is -0.493 e. The Hall–Kier alpha value is -3.36. The molecule has 2 atom stereocenters. The molecule has 0 aromatic heterocycles. The summed E-state index contributed by atoms with van der Waals surface area (Å²) in [6.45, 7) is 4.26. The molecular formula is C21H23NO8. The molecule has 30 heavy (non-hydrogen) atoms. The summed E-state index contributed by atoms with van der Waals surface area (Å²) in [6, 6.07) is 0.968. The Balaban J connectivity index is 2.29. The van der Waals surface area contributed by atoms with Crippen molar-refractivity contribution in [2.45, 2.75) is 39.3 Å². The molecule has 1 amide bonds. The second-order valence-corrected chi connectivity index (χ2v) is 7.11. The number of fused-ring (bicyclic) bond motifs is 3. The van der Waals surface area contributed by atoms with Crippen LogP contribution in [0.5, 0.6) is 11.5 Å². The van der Waals surface area contributed by atoms with Crippen LogP contribution in [0.15, 0.2) is 11.6 Å². The van der Waals surface area contributed by atoms with E-state index in [4.69, 9.17) is 18.9 Å². The van der Waals surface area contributed by atoms with E-state index in [0.29, 0.717) is 22.4 Å². The first-order valence-corrected chi connectivity index (χ1v) is 9.33. The first-order valence-electron chi connectivity index (χ1n) is 9.33. The average molecular weight is 417 g/mol. The lowest BCUT2D eigenvalue weighted by molar-refractivity contribution is -0.147. The van der Waals surface area contributed by atoms with Gasteiger partial charge in [-0.2, -0.15) is 0 Å². The van der Waals surface area contributed by atoms with Crippen molar-refractivity contribution in [1.29, 1.82) is 0 Å². The zero-order valence-corrected chi connectivity index (χ0v) is 17.4. The number of methoxy groups -OCH3 is 2. The highest BCUT2D eigenvalue weighted by molar-refractivity contribution is 5.96. The Kier molecular flexibility index (Phi) is 5.82. The molecule has 1 aromatic rings. The third-order valence-corrected chi connectivity index (χ3v) is 5.15.